The van der Waals surface area contributed by atoms with Crippen LogP contribution in [0.15, 0.2) is 24.4 Å². The van der Waals surface area contributed by atoms with Gasteiger partial charge in [0.25, 0.3) is 0 Å². The summed E-state index contributed by atoms with van der Waals surface area (Å²) in [7, 11) is 0. The molecule has 0 saturated heterocycles. The van der Waals surface area contributed by atoms with E-state index in [9.17, 15) is 13.2 Å². The summed E-state index contributed by atoms with van der Waals surface area (Å²) < 4.78 is 36.2. The topological polar surface area (TPSA) is 33.1 Å². The van der Waals surface area contributed by atoms with Crippen molar-refractivity contribution in [2.75, 3.05) is 6.61 Å². The minimum atomic E-state index is -4.35. The number of pyridine rings is 1. The Morgan fingerprint density at radius 3 is 2.50 bits per heavy atom. The van der Waals surface area contributed by atoms with E-state index in [-0.39, 0.29) is 6.61 Å². The first-order chi connectivity index (χ1) is 6.54. The first kappa shape index (κ1) is 10.7. The Hall–Kier alpha value is -1.36. The lowest BCUT2D eigenvalue weighted by Crippen LogP contribution is -2.05. The van der Waals surface area contributed by atoms with Crippen LogP contribution < -0.4 is 0 Å². The monoisotopic (exact) mass is 203 g/mol. The van der Waals surface area contributed by atoms with Crippen LogP contribution in [-0.2, 0) is 6.18 Å². The molecule has 1 heterocycles. The van der Waals surface area contributed by atoms with Crippen LogP contribution in [0.25, 0.3) is 6.08 Å². The Labute approximate surface area is 78.7 Å². The number of nitrogens with zero attached hydrogens (tertiary/aromatic N) is 1. The Morgan fingerprint density at radius 2 is 2.07 bits per heavy atom. The molecule has 14 heavy (non-hydrogen) atoms. The molecule has 0 bridgehead atoms. The maximum Gasteiger partial charge on any atom is 0.417 e. The minimum absolute atomic E-state index is 0.164. The number of hydrogen-bond acceptors (Lipinski definition) is 2. The van der Waals surface area contributed by atoms with Crippen molar-refractivity contribution in [3.05, 3.63) is 35.7 Å². The zero-order valence-corrected chi connectivity index (χ0v) is 7.12. The van der Waals surface area contributed by atoms with Crippen molar-refractivity contribution in [1.29, 1.82) is 0 Å². The van der Waals surface area contributed by atoms with E-state index in [1.165, 1.54) is 18.2 Å². The molecule has 0 aromatic carbocycles. The number of alkyl halides is 3. The summed E-state index contributed by atoms with van der Waals surface area (Å²) in [6.07, 6.45) is -0.751. The normalized spacial score (nSPS) is 12.3. The highest BCUT2D eigenvalue weighted by molar-refractivity contribution is 5.44. The van der Waals surface area contributed by atoms with E-state index in [0.717, 1.165) is 12.3 Å². The van der Waals surface area contributed by atoms with Crippen molar-refractivity contribution in [2.24, 2.45) is 0 Å². The fourth-order valence-electron chi connectivity index (χ4n) is 0.845. The van der Waals surface area contributed by atoms with Gasteiger partial charge in [-0.1, -0.05) is 6.08 Å². The zero-order chi connectivity index (χ0) is 10.6. The third-order valence-electron chi connectivity index (χ3n) is 1.51. The predicted molar refractivity (Wildman–Crippen MR) is 45.4 cm³/mol. The lowest BCUT2D eigenvalue weighted by molar-refractivity contribution is -0.137. The van der Waals surface area contributed by atoms with Crippen LogP contribution in [0.1, 0.15) is 11.3 Å². The van der Waals surface area contributed by atoms with Crippen LogP contribution in [-0.4, -0.2) is 16.7 Å². The van der Waals surface area contributed by atoms with Crippen LogP contribution in [0.4, 0.5) is 13.2 Å². The number of aliphatic hydroxyl groups is 1. The van der Waals surface area contributed by atoms with Gasteiger partial charge in [0.1, 0.15) is 0 Å². The molecule has 0 saturated carbocycles. The third kappa shape index (κ3) is 2.85. The van der Waals surface area contributed by atoms with E-state index in [0.29, 0.717) is 5.69 Å². The molecule has 0 spiro atoms. The maximum absolute atomic E-state index is 12.1. The molecule has 1 N–H and O–H groups in total. The Balaban J connectivity index is 2.84. The standard InChI is InChI=1S/C9H8F3NO/c10-9(11,12)7-3-4-8(13-6-7)2-1-5-14/h1-4,6,14H,5H2. The first-order valence-corrected chi connectivity index (χ1v) is 3.84. The van der Waals surface area contributed by atoms with Crippen LogP contribution in [0.2, 0.25) is 0 Å². The molecule has 76 valence electrons. The van der Waals surface area contributed by atoms with Gasteiger partial charge in [0.05, 0.1) is 17.9 Å². The summed E-state index contributed by atoms with van der Waals surface area (Å²) in [5.41, 5.74) is -0.398. The van der Waals surface area contributed by atoms with Crippen molar-refractivity contribution in [3.8, 4) is 0 Å². The van der Waals surface area contributed by atoms with Gasteiger partial charge in [-0.15, -0.1) is 0 Å². The second-order valence-corrected chi connectivity index (χ2v) is 2.55. The van der Waals surface area contributed by atoms with E-state index >= 15 is 0 Å². The molecular weight excluding hydrogens is 195 g/mol. The van der Waals surface area contributed by atoms with Gasteiger partial charge < -0.3 is 5.11 Å². The minimum Gasteiger partial charge on any atom is -0.392 e. The van der Waals surface area contributed by atoms with Gasteiger partial charge in [-0.25, -0.2) is 0 Å². The molecule has 1 aromatic heterocycles. The highest BCUT2D eigenvalue weighted by Gasteiger charge is 2.30. The molecule has 1 rings (SSSR count). The Bertz CT molecular complexity index is 316. The molecule has 1 aromatic rings. The smallest absolute Gasteiger partial charge is 0.392 e. The van der Waals surface area contributed by atoms with Gasteiger partial charge in [-0.3, -0.25) is 4.98 Å². The number of aromatic nitrogens is 1. The van der Waals surface area contributed by atoms with E-state index in [1.807, 2.05) is 0 Å². The molecule has 0 aliphatic carbocycles. The molecular formula is C9H8F3NO. The predicted octanol–water partition coefficient (Wildman–Crippen LogP) is 2.11. The van der Waals surface area contributed by atoms with Gasteiger partial charge in [0, 0.05) is 6.20 Å². The molecule has 0 aliphatic heterocycles. The SMILES string of the molecule is OCC=Cc1ccc(C(F)(F)F)cn1. The van der Waals surface area contributed by atoms with E-state index < -0.39 is 11.7 Å². The molecule has 5 heteroatoms. The average molecular weight is 203 g/mol. The summed E-state index contributed by atoms with van der Waals surface area (Å²) in [4.78, 5) is 3.56. The second kappa shape index (κ2) is 4.23. The maximum atomic E-state index is 12.1. The summed E-state index contributed by atoms with van der Waals surface area (Å²) in [5, 5.41) is 8.42. The van der Waals surface area contributed by atoms with Crippen LogP contribution in [0.5, 0.6) is 0 Å². The van der Waals surface area contributed by atoms with Gasteiger partial charge >= 0.3 is 6.18 Å². The summed E-state index contributed by atoms with van der Waals surface area (Å²) in [5.74, 6) is 0. The highest BCUT2D eigenvalue weighted by Crippen LogP contribution is 2.28. The fraction of sp³-hybridized carbons (Fsp3) is 0.222. The molecule has 0 radical (unpaired) electrons. The summed E-state index contributed by atoms with van der Waals surface area (Å²) >= 11 is 0. The van der Waals surface area contributed by atoms with Crippen LogP contribution >= 0.6 is 0 Å². The highest BCUT2D eigenvalue weighted by atomic mass is 19.4. The fourth-order valence-corrected chi connectivity index (χ4v) is 0.845. The largest absolute Gasteiger partial charge is 0.417 e. The van der Waals surface area contributed by atoms with Crippen molar-refractivity contribution in [1.82, 2.24) is 4.98 Å². The number of aliphatic hydroxyl groups excluding tert-OH is 1. The Morgan fingerprint density at radius 1 is 1.36 bits per heavy atom. The van der Waals surface area contributed by atoms with Crippen LogP contribution in [0.3, 0.4) is 0 Å². The number of hydrogen-bond donors (Lipinski definition) is 1. The van der Waals surface area contributed by atoms with E-state index in [4.69, 9.17) is 5.11 Å². The van der Waals surface area contributed by atoms with Gasteiger partial charge in [-0.05, 0) is 18.2 Å². The first-order valence-electron chi connectivity index (χ1n) is 3.84. The van der Waals surface area contributed by atoms with Crippen molar-refractivity contribution < 1.29 is 18.3 Å². The third-order valence-corrected chi connectivity index (χ3v) is 1.51. The van der Waals surface area contributed by atoms with Crippen LogP contribution in [0, 0.1) is 0 Å². The van der Waals surface area contributed by atoms with Gasteiger partial charge in [-0.2, -0.15) is 13.2 Å². The summed E-state index contributed by atoms with van der Waals surface area (Å²) in [6, 6.07) is 2.19. The molecule has 0 unspecified atom stereocenters. The Kier molecular flexibility index (Phi) is 3.24. The molecule has 0 atom stereocenters. The van der Waals surface area contributed by atoms with Crippen molar-refractivity contribution in [3.63, 3.8) is 0 Å². The van der Waals surface area contributed by atoms with Crippen molar-refractivity contribution >= 4 is 6.08 Å². The summed E-state index contributed by atoms with van der Waals surface area (Å²) in [6.45, 7) is -0.164. The van der Waals surface area contributed by atoms with Crippen molar-refractivity contribution in [2.45, 2.75) is 6.18 Å². The van der Waals surface area contributed by atoms with E-state index in [2.05, 4.69) is 4.98 Å². The second-order valence-electron chi connectivity index (χ2n) is 2.55. The van der Waals surface area contributed by atoms with Gasteiger partial charge in [0.15, 0.2) is 0 Å². The molecule has 0 amide bonds. The molecule has 2 nitrogen and oxygen atoms in total. The lowest BCUT2D eigenvalue weighted by Gasteiger charge is -2.04. The number of halogens is 3. The average Bonchev–Trinajstić information content (AvgIpc) is 2.14. The number of rotatable bonds is 2. The molecule has 0 aliphatic rings. The van der Waals surface area contributed by atoms with Gasteiger partial charge in [0.2, 0.25) is 0 Å². The molecule has 0 fully saturated rings. The quantitative estimate of drug-likeness (QED) is 0.798. The van der Waals surface area contributed by atoms with E-state index in [1.54, 1.807) is 0 Å². The lowest BCUT2D eigenvalue weighted by atomic mass is 10.2. The zero-order valence-electron chi connectivity index (χ0n) is 7.12.